The number of halogens is 7. The van der Waals surface area contributed by atoms with Crippen molar-refractivity contribution in [3.63, 3.8) is 0 Å². The summed E-state index contributed by atoms with van der Waals surface area (Å²) in [5, 5.41) is 3.10. The lowest BCUT2D eigenvalue weighted by molar-refractivity contribution is -0.143. The quantitative estimate of drug-likeness (QED) is 0.389. The van der Waals surface area contributed by atoms with Gasteiger partial charge in [0, 0.05) is 58.3 Å². The van der Waals surface area contributed by atoms with Crippen molar-refractivity contribution in [2.24, 2.45) is 0 Å². The molecule has 3 heterocycles. The van der Waals surface area contributed by atoms with Crippen LogP contribution in [0.2, 0.25) is 0 Å². The Morgan fingerprint density at radius 2 is 1.50 bits per heavy atom. The van der Waals surface area contributed by atoms with E-state index in [0.29, 0.717) is 50.3 Å². The molecule has 5 rings (SSSR count). The molecule has 44 heavy (non-hydrogen) atoms. The second-order valence-electron chi connectivity index (χ2n) is 10.5. The van der Waals surface area contributed by atoms with Gasteiger partial charge >= 0.3 is 12.4 Å². The summed E-state index contributed by atoms with van der Waals surface area (Å²) in [5.41, 5.74) is -2.89. The first-order chi connectivity index (χ1) is 20.7. The zero-order chi connectivity index (χ0) is 31.8. The summed E-state index contributed by atoms with van der Waals surface area (Å²) in [6.07, 6.45) is -9.76. The molecule has 2 aromatic carbocycles. The van der Waals surface area contributed by atoms with Crippen molar-refractivity contribution in [2.75, 3.05) is 49.5 Å². The van der Waals surface area contributed by atoms with Crippen molar-refractivity contribution in [1.29, 1.82) is 0 Å². The molecule has 8 nitrogen and oxygen atoms in total. The normalized spacial score (nSPS) is 16.3. The molecule has 234 valence electrons. The van der Waals surface area contributed by atoms with Gasteiger partial charge in [-0.2, -0.15) is 31.3 Å². The summed E-state index contributed by atoms with van der Waals surface area (Å²) in [6.45, 7) is 2.86. The SMILES string of the molecule is CC(=O)N1CCN(c2nc3c(c(-c4ccc(F)cc4)n2)C(=O)N(Cc2cc(C(F)(F)F)cc(C(F)(F)F)c2)CCCN3)CC1. The van der Waals surface area contributed by atoms with Gasteiger partial charge in [0.15, 0.2) is 0 Å². The number of hydrogen-bond donors (Lipinski definition) is 1. The number of anilines is 2. The van der Waals surface area contributed by atoms with E-state index in [1.165, 1.54) is 31.2 Å². The van der Waals surface area contributed by atoms with Crippen molar-refractivity contribution in [2.45, 2.75) is 32.2 Å². The average molecular weight is 625 g/mol. The molecule has 1 saturated heterocycles. The summed E-state index contributed by atoms with van der Waals surface area (Å²) < 4.78 is 94.9. The van der Waals surface area contributed by atoms with E-state index in [-0.39, 0.29) is 53.7 Å². The zero-order valence-corrected chi connectivity index (χ0v) is 23.4. The molecular weight excluding hydrogens is 597 g/mol. The Balaban J connectivity index is 1.57. The molecule has 2 aliphatic rings. The van der Waals surface area contributed by atoms with E-state index in [4.69, 9.17) is 0 Å². The van der Waals surface area contributed by atoms with Crippen LogP contribution in [0, 0.1) is 5.82 Å². The zero-order valence-electron chi connectivity index (χ0n) is 23.4. The van der Waals surface area contributed by atoms with Crippen LogP contribution in [-0.2, 0) is 23.7 Å². The summed E-state index contributed by atoms with van der Waals surface area (Å²) in [7, 11) is 0. The van der Waals surface area contributed by atoms with E-state index < -0.39 is 41.7 Å². The average Bonchev–Trinajstić information content (AvgIpc) is 2.96. The van der Waals surface area contributed by atoms with Gasteiger partial charge in [0.05, 0.1) is 16.8 Å². The number of benzene rings is 2. The fourth-order valence-corrected chi connectivity index (χ4v) is 5.18. The standard InChI is InChI=1S/C29H27F7N6O2/c1-17(43)40-9-11-41(12-10-40)27-38-24(19-3-5-22(30)6-4-19)23-25(39-27)37-7-2-8-42(26(23)44)16-18-13-20(28(31,32)33)15-21(14-18)29(34,35)36/h3-6,13-15H,2,7-12,16H2,1H3,(H,37,38,39). The molecule has 0 bridgehead atoms. The monoisotopic (exact) mass is 624 g/mol. The Morgan fingerprint density at radius 1 is 0.886 bits per heavy atom. The second kappa shape index (κ2) is 11.9. The van der Waals surface area contributed by atoms with Crippen molar-refractivity contribution < 1.29 is 40.3 Å². The second-order valence-corrected chi connectivity index (χ2v) is 10.5. The molecule has 2 amide bonds. The molecule has 0 atom stereocenters. The predicted molar refractivity (Wildman–Crippen MR) is 146 cm³/mol. The van der Waals surface area contributed by atoms with Gasteiger partial charge < -0.3 is 20.0 Å². The molecule has 0 saturated carbocycles. The Morgan fingerprint density at radius 3 is 2.07 bits per heavy atom. The van der Waals surface area contributed by atoms with Crippen molar-refractivity contribution in [3.8, 4) is 11.3 Å². The highest BCUT2D eigenvalue weighted by molar-refractivity contribution is 6.04. The van der Waals surface area contributed by atoms with E-state index in [9.17, 15) is 40.3 Å². The highest BCUT2D eigenvalue weighted by Gasteiger charge is 2.37. The number of nitrogens with one attached hydrogen (secondary N) is 1. The van der Waals surface area contributed by atoms with E-state index in [0.717, 1.165) is 4.90 Å². The molecule has 1 N–H and O–H groups in total. The summed E-state index contributed by atoms with van der Waals surface area (Å²) >= 11 is 0. The number of fused-ring (bicyclic) bond motifs is 1. The number of amides is 2. The van der Waals surface area contributed by atoms with Gasteiger partial charge in [0.1, 0.15) is 17.2 Å². The van der Waals surface area contributed by atoms with Gasteiger partial charge in [0.25, 0.3) is 5.91 Å². The first-order valence-corrected chi connectivity index (χ1v) is 13.7. The topological polar surface area (TPSA) is 81.7 Å². The molecule has 0 radical (unpaired) electrons. The third-order valence-electron chi connectivity index (χ3n) is 7.44. The molecule has 1 aromatic heterocycles. The van der Waals surface area contributed by atoms with E-state index >= 15 is 0 Å². The van der Waals surface area contributed by atoms with Crippen LogP contribution in [0.15, 0.2) is 42.5 Å². The molecule has 0 aliphatic carbocycles. The van der Waals surface area contributed by atoms with Gasteiger partial charge in [0.2, 0.25) is 11.9 Å². The lowest BCUT2D eigenvalue weighted by Crippen LogP contribution is -2.48. The Kier molecular flexibility index (Phi) is 8.40. The van der Waals surface area contributed by atoms with Crippen LogP contribution in [0.5, 0.6) is 0 Å². The molecule has 1 fully saturated rings. The van der Waals surface area contributed by atoms with Crippen molar-refractivity contribution in [1.82, 2.24) is 19.8 Å². The van der Waals surface area contributed by atoms with Gasteiger partial charge in [-0.15, -0.1) is 0 Å². The van der Waals surface area contributed by atoms with Crippen LogP contribution < -0.4 is 10.2 Å². The van der Waals surface area contributed by atoms with Crippen LogP contribution in [0.3, 0.4) is 0 Å². The highest BCUT2D eigenvalue weighted by Crippen LogP contribution is 2.37. The Bertz CT molecular complexity index is 1520. The van der Waals surface area contributed by atoms with E-state index in [1.54, 1.807) is 4.90 Å². The molecule has 15 heteroatoms. The minimum absolute atomic E-state index is 0.0144. The van der Waals surface area contributed by atoms with Crippen LogP contribution in [-0.4, -0.2) is 70.9 Å². The fraction of sp³-hybridized carbons (Fsp3) is 0.379. The Labute approximate surface area is 247 Å². The predicted octanol–water partition coefficient (Wildman–Crippen LogP) is 5.45. The number of alkyl halides is 6. The molecule has 0 unspecified atom stereocenters. The number of aromatic nitrogens is 2. The maximum atomic E-state index is 14.1. The van der Waals surface area contributed by atoms with Gasteiger partial charge in [-0.3, -0.25) is 9.59 Å². The molecule has 3 aromatic rings. The van der Waals surface area contributed by atoms with E-state index in [2.05, 4.69) is 15.3 Å². The fourth-order valence-electron chi connectivity index (χ4n) is 5.18. The summed E-state index contributed by atoms with van der Waals surface area (Å²) in [4.78, 5) is 39.7. The maximum absolute atomic E-state index is 14.1. The number of carbonyl (C=O) groups is 2. The third-order valence-corrected chi connectivity index (χ3v) is 7.44. The highest BCUT2D eigenvalue weighted by atomic mass is 19.4. The van der Waals surface area contributed by atoms with Crippen LogP contribution in [0.4, 0.5) is 42.5 Å². The van der Waals surface area contributed by atoms with Gasteiger partial charge in [-0.05, 0) is 54.4 Å². The smallest absolute Gasteiger partial charge is 0.369 e. The number of rotatable bonds is 4. The van der Waals surface area contributed by atoms with Crippen molar-refractivity contribution >= 4 is 23.6 Å². The minimum atomic E-state index is -5.04. The first kappa shape index (κ1) is 31.0. The lowest BCUT2D eigenvalue weighted by Gasteiger charge is -2.35. The molecule has 2 aliphatic heterocycles. The number of carbonyl (C=O) groups excluding carboxylic acids is 2. The van der Waals surface area contributed by atoms with Gasteiger partial charge in [-0.25, -0.2) is 9.37 Å². The largest absolute Gasteiger partial charge is 0.416 e. The lowest BCUT2D eigenvalue weighted by atomic mass is 10.0. The summed E-state index contributed by atoms with van der Waals surface area (Å²) in [6, 6.07) is 6.41. The Hall–Kier alpha value is -4.43. The molecule has 0 spiro atoms. The van der Waals surface area contributed by atoms with Crippen LogP contribution in [0.1, 0.15) is 40.4 Å². The maximum Gasteiger partial charge on any atom is 0.416 e. The third kappa shape index (κ3) is 6.70. The summed E-state index contributed by atoms with van der Waals surface area (Å²) in [5.74, 6) is -0.969. The van der Waals surface area contributed by atoms with Gasteiger partial charge in [-0.1, -0.05) is 0 Å². The van der Waals surface area contributed by atoms with E-state index in [1.807, 2.05) is 4.90 Å². The first-order valence-electron chi connectivity index (χ1n) is 13.7. The van der Waals surface area contributed by atoms with Crippen molar-refractivity contribution in [3.05, 3.63) is 70.5 Å². The minimum Gasteiger partial charge on any atom is -0.369 e. The number of hydrogen-bond acceptors (Lipinski definition) is 6. The van der Waals surface area contributed by atoms with Crippen LogP contribution >= 0.6 is 0 Å². The number of piperazine rings is 1. The van der Waals surface area contributed by atoms with Crippen LogP contribution in [0.25, 0.3) is 11.3 Å². The number of nitrogens with zero attached hydrogens (tertiary/aromatic N) is 5. The molecular formula is C29H27F7N6O2.